The summed E-state index contributed by atoms with van der Waals surface area (Å²) in [6.45, 7) is 5.52. The molecule has 2 fully saturated rings. The van der Waals surface area contributed by atoms with Crippen LogP contribution < -0.4 is 22.1 Å². The van der Waals surface area contributed by atoms with Crippen LogP contribution >= 0.6 is 0 Å². The van der Waals surface area contributed by atoms with Gasteiger partial charge in [-0.25, -0.2) is 0 Å². The lowest BCUT2D eigenvalue weighted by Crippen LogP contribution is -2.52. The van der Waals surface area contributed by atoms with Crippen molar-refractivity contribution in [2.75, 3.05) is 19.6 Å². The topological polar surface area (TPSA) is 165 Å². The zero-order chi connectivity index (χ0) is 34.6. The van der Waals surface area contributed by atoms with Gasteiger partial charge >= 0.3 is 0 Å². The van der Waals surface area contributed by atoms with Crippen LogP contribution in [0, 0.1) is 23.7 Å². The van der Waals surface area contributed by atoms with E-state index in [4.69, 9.17) is 11.5 Å². The molecule has 6 atom stereocenters. The number of nitrogens with two attached hydrogens (primary N) is 2. The molecular weight excluding hydrogens is 606 g/mol. The number of amides is 3. The van der Waals surface area contributed by atoms with Gasteiger partial charge in [0.2, 0.25) is 17.7 Å². The Morgan fingerprint density at radius 2 is 1.38 bits per heavy atom. The second-order valence-corrected chi connectivity index (χ2v) is 14.1. The summed E-state index contributed by atoms with van der Waals surface area (Å²) >= 11 is 0. The summed E-state index contributed by atoms with van der Waals surface area (Å²) in [6.07, 6.45) is 3.80. The van der Waals surface area contributed by atoms with Crippen LogP contribution in [0.15, 0.2) is 60.7 Å². The molecule has 0 aromatic heterocycles. The van der Waals surface area contributed by atoms with E-state index in [9.17, 15) is 24.0 Å². The average molecular weight is 660 g/mol. The maximum Gasteiger partial charge on any atom is 0.245 e. The summed E-state index contributed by atoms with van der Waals surface area (Å²) in [5.74, 6) is -1.13. The van der Waals surface area contributed by atoms with Gasteiger partial charge in [-0.3, -0.25) is 24.0 Å². The summed E-state index contributed by atoms with van der Waals surface area (Å²) in [5.41, 5.74) is 13.8. The quantitative estimate of drug-likeness (QED) is 0.179. The molecule has 2 aliphatic rings. The van der Waals surface area contributed by atoms with Crippen molar-refractivity contribution in [3.63, 3.8) is 0 Å². The molecule has 0 spiro atoms. The first-order chi connectivity index (χ1) is 23.0. The number of nitrogens with one attached hydrogen (secondary N) is 2. The highest BCUT2D eigenvalue weighted by atomic mass is 16.2. The number of nitrogens with zero attached hydrogens (tertiary/aromatic N) is 1. The van der Waals surface area contributed by atoms with Crippen LogP contribution in [0.4, 0.5) is 0 Å². The number of ketones is 2. The van der Waals surface area contributed by atoms with Crippen LogP contribution in [-0.2, 0) is 36.8 Å². The molecule has 0 radical (unpaired) electrons. The molecule has 1 heterocycles. The number of rotatable bonds is 18. The minimum atomic E-state index is -0.877. The van der Waals surface area contributed by atoms with Gasteiger partial charge in [0.1, 0.15) is 11.8 Å². The van der Waals surface area contributed by atoms with Gasteiger partial charge in [-0.05, 0) is 74.0 Å². The highest BCUT2D eigenvalue weighted by molar-refractivity contribution is 5.95. The molecule has 1 aliphatic carbocycles. The summed E-state index contributed by atoms with van der Waals surface area (Å²) in [7, 11) is 0. The Morgan fingerprint density at radius 3 is 1.94 bits per heavy atom. The minimum absolute atomic E-state index is 0.0879. The Balaban J connectivity index is 1.47. The number of unbranched alkanes of at least 4 members (excludes halogenated alkanes) is 1. The zero-order valence-electron chi connectivity index (χ0n) is 28.4. The van der Waals surface area contributed by atoms with E-state index in [2.05, 4.69) is 10.6 Å². The van der Waals surface area contributed by atoms with Gasteiger partial charge in [0, 0.05) is 38.3 Å². The van der Waals surface area contributed by atoms with Crippen molar-refractivity contribution in [2.24, 2.45) is 35.1 Å². The molecule has 6 N–H and O–H groups in total. The van der Waals surface area contributed by atoms with Gasteiger partial charge < -0.3 is 27.0 Å². The van der Waals surface area contributed by atoms with Crippen molar-refractivity contribution in [3.8, 4) is 0 Å². The highest BCUT2D eigenvalue weighted by Gasteiger charge is 2.43. The smallest absolute Gasteiger partial charge is 0.245 e. The summed E-state index contributed by atoms with van der Waals surface area (Å²) in [4.78, 5) is 68.7. The molecule has 10 nitrogen and oxygen atoms in total. The van der Waals surface area contributed by atoms with E-state index in [-0.39, 0.29) is 54.0 Å². The third-order valence-electron chi connectivity index (χ3n) is 9.63. The molecule has 6 unspecified atom stereocenters. The summed E-state index contributed by atoms with van der Waals surface area (Å²) in [6, 6.07) is 16.4. The van der Waals surface area contributed by atoms with Crippen molar-refractivity contribution in [1.82, 2.24) is 15.5 Å². The molecule has 1 saturated carbocycles. The molecule has 1 saturated heterocycles. The van der Waals surface area contributed by atoms with Gasteiger partial charge in [-0.15, -0.1) is 0 Å². The Bertz CT molecular complexity index is 1370. The van der Waals surface area contributed by atoms with Crippen molar-refractivity contribution in [1.29, 1.82) is 0 Å². The van der Waals surface area contributed by atoms with Crippen LogP contribution in [0.2, 0.25) is 0 Å². The lowest BCUT2D eigenvalue weighted by atomic mass is 9.88. The fraction of sp³-hybridized carbons (Fsp3) is 0.553. The Labute approximate surface area is 284 Å². The van der Waals surface area contributed by atoms with E-state index in [1.807, 2.05) is 74.5 Å². The number of Topliss-reactive ketones (excluding diaryl/α,β-unsaturated/α-hetero) is 2. The Morgan fingerprint density at radius 1 is 0.812 bits per heavy atom. The lowest BCUT2D eigenvalue weighted by molar-refractivity contribution is -0.138. The van der Waals surface area contributed by atoms with E-state index in [0.717, 1.165) is 17.5 Å². The number of benzene rings is 2. The third kappa shape index (κ3) is 10.8. The summed E-state index contributed by atoms with van der Waals surface area (Å²) in [5, 5.41) is 5.91. The predicted molar refractivity (Wildman–Crippen MR) is 185 cm³/mol. The SMILES string of the molecule is CC(C)CC(CC(=O)C(Cc1ccccc1)NC(=O)C(N)Cc1ccccc1)C(=O)NC(CCCCN)C(=O)N1CC2CC(=O)CC2C1. The van der Waals surface area contributed by atoms with Crippen LogP contribution in [0.3, 0.4) is 0 Å². The van der Waals surface area contributed by atoms with Crippen LogP contribution in [0.25, 0.3) is 0 Å². The molecule has 3 amide bonds. The van der Waals surface area contributed by atoms with E-state index >= 15 is 0 Å². The van der Waals surface area contributed by atoms with Crippen LogP contribution in [-0.4, -0.2) is 71.9 Å². The number of carbonyl (C=O) groups excluding carboxylic acids is 5. The molecule has 2 aromatic carbocycles. The number of likely N-dealkylation sites (tertiary alicyclic amines) is 1. The molecule has 4 rings (SSSR count). The van der Waals surface area contributed by atoms with Gasteiger partial charge in [0.25, 0.3) is 0 Å². The maximum atomic E-state index is 14.0. The second kappa shape index (κ2) is 18.0. The number of hydrogen-bond acceptors (Lipinski definition) is 7. The average Bonchev–Trinajstić information content (AvgIpc) is 3.61. The normalized spacial score (nSPS) is 19.8. The minimum Gasteiger partial charge on any atom is -0.345 e. The fourth-order valence-electron chi connectivity index (χ4n) is 7.08. The standard InChI is InChI=1S/C38H53N5O5/c1-25(2)17-28(36(46)41-33(15-9-10-16-39)38(48)43-23-29-20-31(44)21-30(29)24-43)22-35(45)34(19-27-13-7-4-8-14-27)42-37(47)32(40)18-26-11-5-3-6-12-26/h3-8,11-14,25,28-30,32-34H,9-10,15-24,39-40H2,1-2H3,(H,41,46)(H,42,47). The van der Waals surface area contributed by atoms with Crippen molar-refractivity contribution in [3.05, 3.63) is 71.8 Å². The first-order valence-electron chi connectivity index (χ1n) is 17.5. The largest absolute Gasteiger partial charge is 0.345 e. The predicted octanol–water partition coefficient (Wildman–Crippen LogP) is 2.96. The molecule has 1 aliphatic heterocycles. The van der Waals surface area contributed by atoms with Crippen LogP contribution in [0.5, 0.6) is 0 Å². The molecule has 260 valence electrons. The van der Waals surface area contributed by atoms with Gasteiger partial charge in [0.15, 0.2) is 5.78 Å². The first-order valence-corrected chi connectivity index (χ1v) is 17.5. The fourth-order valence-corrected chi connectivity index (χ4v) is 7.08. The summed E-state index contributed by atoms with van der Waals surface area (Å²) < 4.78 is 0. The highest BCUT2D eigenvalue weighted by Crippen LogP contribution is 2.36. The molecule has 0 bridgehead atoms. The number of fused-ring (bicyclic) bond motifs is 1. The number of hydrogen-bond donors (Lipinski definition) is 4. The zero-order valence-corrected chi connectivity index (χ0v) is 28.4. The van der Waals surface area contributed by atoms with Gasteiger partial charge in [0.05, 0.1) is 12.1 Å². The van der Waals surface area contributed by atoms with Gasteiger partial charge in [-0.2, -0.15) is 0 Å². The molecule has 2 aromatic rings. The monoisotopic (exact) mass is 659 g/mol. The van der Waals surface area contributed by atoms with Crippen molar-refractivity contribution in [2.45, 2.75) is 89.8 Å². The van der Waals surface area contributed by atoms with E-state index in [1.165, 1.54) is 0 Å². The lowest BCUT2D eigenvalue weighted by Gasteiger charge is -2.28. The van der Waals surface area contributed by atoms with E-state index in [1.54, 1.807) is 4.90 Å². The van der Waals surface area contributed by atoms with Gasteiger partial charge in [-0.1, -0.05) is 74.5 Å². The molecule has 48 heavy (non-hydrogen) atoms. The molecular formula is C38H53N5O5. The van der Waals surface area contributed by atoms with Crippen molar-refractivity contribution >= 4 is 29.3 Å². The van der Waals surface area contributed by atoms with Crippen LogP contribution in [0.1, 0.15) is 69.9 Å². The second-order valence-electron chi connectivity index (χ2n) is 14.1. The first kappa shape index (κ1) is 36.9. The Kier molecular flexibility index (Phi) is 13.9. The van der Waals surface area contributed by atoms with E-state index in [0.29, 0.717) is 58.2 Å². The Hall–Kier alpha value is -3.89. The molecule has 10 heteroatoms. The van der Waals surface area contributed by atoms with E-state index < -0.39 is 30.0 Å². The maximum absolute atomic E-state index is 14.0. The van der Waals surface area contributed by atoms with Crippen molar-refractivity contribution < 1.29 is 24.0 Å². The number of carbonyl (C=O) groups is 5. The third-order valence-corrected chi connectivity index (χ3v) is 9.63.